The smallest absolute Gasteiger partial charge is 0.121 e. The lowest BCUT2D eigenvalue weighted by Gasteiger charge is -1.88. The fraction of sp³-hybridized carbons (Fsp3) is 0.125. The summed E-state index contributed by atoms with van der Waals surface area (Å²) >= 11 is 3.42. The summed E-state index contributed by atoms with van der Waals surface area (Å²) in [7, 11) is 0. The fourth-order valence-electron chi connectivity index (χ4n) is 1.14. The molecule has 0 bridgehead atoms. The van der Waals surface area contributed by atoms with Crippen LogP contribution in [-0.4, -0.2) is 9.97 Å². The van der Waals surface area contributed by atoms with E-state index in [0.29, 0.717) is 6.54 Å². The third-order valence-corrected chi connectivity index (χ3v) is 2.35. The van der Waals surface area contributed by atoms with E-state index in [2.05, 4.69) is 25.9 Å². The number of nitrogens with one attached hydrogen (secondary N) is 1. The topological polar surface area (TPSA) is 54.7 Å². The molecule has 3 N–H and O–H groups in total. The Kier molecular flexibility index (Phi) is 5.44. The first-order valence-electron chi connectivity index (χ1n) is 3.64. The van der Waals surface area contributed by atoms with Gasteiger partial charge in [0.25, 0.3) is 0 Å². The van der Waals surface area contributed by atoms with Gasteiger partial charge in [0, 0.05) is 4.47 Å². The first-order valence-corrected chi connectivity index (χ1v) is 4.44. The monoisotopic (exact) mass is 297 g/mol. The van der Waals surface area contributed by atoms with Crippen LogP contribution in [0.3, 0.4) is 0 Å². The van der Waals surface area contributed by atoms with Gasteiger partial charge in [-0.3, -0.25) is 0 Å². The number of fused-ring (bicyclic) bond motifs is 1. The van der Waals surface area contributed by atoms with Gasteiger partial charge in [0.05, 0.1) is 12.1 Å². The van der Waals surface area contributed by atoms with Gasteiger partial charge in [-0.1, -0.05) is 6.07 Å². The second-order valence-corrected chi connectivity index (χ2v) is 3.38. The molecule has 0 atom stereocenters. The van der Waals surface area contributed by atoms with Gasteiger partial charge in [-0.25, -0.2) is 4.98 Å². The van der Waals surface area contributed by atoms with Crippen molar-refractivity contribution >= 4 is 51.8 Å². The van der Waals surface area contributed by atoms with Gasteiger partial charge in [-0.05, 0) is 28.1 Å². The molecule has 1 heterocycles. The van der Waals surface area contributed by atoms with Crippen LogP contribution >= 0.6 is 40.7 Å². The standard InChI is InChI=1S/C8H8BrN3.2ClH/c9-5-2-1-3-6-8(5)12-7(4-10)11-6;;/h1-3H,4,10H2,(H,11,12);2*1H. The predicted octanol–water partition coefficient (Wildman–Crippen LogP) is 2.63. The molecule has 0 amide bonds. The minimum atomic E-state index is 0. The van der Waals surface area contributed by atoms with Crippen molar-refractivity contribution in [3.63, 3.8) is 0 Å². The van der Waals surface area contributed by atoms with Crippen LogP contribution in [0.2, 0.25) is 0 Å². The zero-order chi connectivity index (χ0) is 8.55. The van der Waals surface area contributed by atoms with Gasteiger partial charge in [0.15, 0.2) is 0 Å². The van der Waals surface area contributed by atoms with E-state index in [0.717, 1.165) is 21.3 Å². The average Bonchev–Trinajstić information content (AvgIpc) is 2.49. The molecule has 0 unspecified atom stereocenters. The van der Waals surface area contributed by atoms with Crippen LogP contribution < -0.4 is 5.73 Å². The zero-order valence-electron chi connectivity index (χ0n) is 7.16. The normalized spacial score (nSPS) is 9.29. The first-order chi connectivity index (χ1) is 5.81. The van der Waals surface area contributed by atoms with Crippen molar-refractivity contribution in [3.05, 3.63) is 28.5 Å². The van der Waals surface area contributed by atoms with Crippen LogP contribution in [0.15, 0.2) is 22.7 Å². The van der Waals surface area contributed by atoms with Crippen molar-refractivity contribution in [3.8, 4) is 0 Å². The summed E-state index contributed by atoms with van der Waals surface area (Å²) in [5.74, 6) is 0.817. The number of aromatic amines is 1. The second-order valence-electron chi connectivity index (χ2n) is 2.52. The number of H-pyrrole nitrogens is 1. The summed E-state index contributed by atoms with van der Waals surface area (Å²) in [4.78, 5) is 7.42. The molecule has 0 aliphatic rings. The lowest BCUT2D eigenvalue weighted by atomic mass is 10.3. The number of imidazole rings is 1. The maximum atomic E-state index is 5.45. The molecule has 3 nitrogen and oxygen atoms in total. The maximum Gasteiger partial charge on any atom is 0.121 e. The lowest BCUT2D eigenvalue weighted by molar-refractivity contribution is 0.958. The van der Waals surface area contributed by atoms with Crippen LogP contribution in [0.5, 0.6) is 0 Å². The summed E-state index contributed by atoms with van der Waals surface area (Å²) in [5.41, 5.74) is 7.42. The molecule has 0 saturated carbocycles. The largest absolute Gasteiger partial charge is 0.341 e. The van der Waals surface area contributed by atoms with Gasteiger partial charge in [-0.15, -0.1) is 24.8 Å². The highest BCUT2D eigenvalue weighted by Crippen LogP contribution is 2.20. The van der Waals surface area contributed by atoms with E-state index in [-0.39, 0.29) is 24.8 Å². The molecule has 0 saturated heterocycles. The van der Waals surface area contributed by atoms with E-state index in [1.54, 1.807) is 0 Å². The minimum absolute atomic E-state index is 0. The quantitative estimate of drug-likeness (QED) is 0.850. The highest BCUT2D eigenvalue weighted by Gasteiger charge is 2.02. The SMILES string of the molecule is Cl.Cl.NCc1nc2c(Br)cccc2[nH]1. The van der Waals surface area contributed by atoms with Gasteiger partial charge < -0.3 is 10.7 Å². The molecule has 0 aliphatic carbocycles. The van der Waals surface area contributed by atoms with Crippen molar-refractivity contribution in [1.82, 2.24) is 9.97 Å². The number of para-hydroxylation sites is 1. The van der Waals surface area contributed by atoms with Crippen molar-refractivity contribution < 1.29 is 0 Å². The third kappa shape index (κ3) is 2.39. The van der Waals surface area contributed by atoms with E-state index >= 15 is 0 Å². The molecule has 2 rings (SSSR count). The molecule has 0 radical (unpaired) electrons. The van der Waals surface area contributed by atoms with Gasteiger partial charge in [-0.2, -0.15) is 0 Å². The Bertz CT molecular complexity index is 416. The van der Waals surface area contributed by atoms with Gasteiger partial charge >= 0.3 is 0 Å². The number of nitrogens with zero attached hydrogens (tertiary/aromatic N) is 1. The molecule has 1 aromatic heterocycles. The minimum Gasteiger partial charge on any atom is -0.341 e. The van der Waals surface area contributed by atoms with Crippen molar-refractivity contribution in [1.29, 1.82) is 0 Å². The summed E-state index contributed by atoms with van der Waals surface area (Å²) < 4.78 is 0.996. The predicted molar refractivity (Wildman–Crippen MR) is 66.2 cm³/mol. The molecule has 2 aromatic rings. The van der Waals surface area contributed by atoms with Crippen LogP contribution in [0, 0.1) is 0 Å². The van der Waals surface area contributed by atoms with Gasteiger partial charge in [0.1, 0.15) is 11.3 Å². The number of hydrogen-bond donors (Lipinski definition) is 2. The second kappa shape index (κ2) is 5.56. The Morgan fingerprint density at radius 1 is 1.36 bits per heavy atom. The summed E-state index contributed by atoms with van der Waals surface area (Å²) in [6.07, 6.45) is 0. The average molecular weight is 299 g/mol. The molecule has 0 fully saturated rings. The van der Waals surface area contributed by atoms with Crippen LogP contribution in [0.25, 0.3) is 11.0 Å². The molecule has 1 aromatic carbocycles. The van der Waals surface area contributed by atoms with Crippen molar-refractivity contribution in [2.45, 2.75) is 6.54 Å². The number of halogens is 3. The van der Waals surface area contributed by atoms with Crippen LogP contribution in [-0.2, 0) is 6.54 Å². The van der Waals surface area contributed by atoms with Crippen molar-refractivity contribution in [2.24, 2.45) is 5.73 Å². The summed E-state index contributed by atoms with van der Waals surface area (Å²) in [6.45, 7) is 0.446. The number of benzene rings is 1. The molecule has 0 spiro atoms. The molecule has 6 heteroatoms. The molecule has 0 aliphatic heterocycles. The Morgan fingerprint density at radius 2 is 2.07 bits per heavy atom. The van der Waals surface area contributed by atoms with E-state index in [9.17, 15) is 0 Å². The summed E-state index contributed by atoms with van der Waals surface area (Å²) in [5, 5.41) is 0. The Morgan fingerprint density at radius 3 is 2.64 bits per heavy atom. The molecular weight excluding hydrogens is 289 g/mol. The van der Waals surface area contributed by atoms with E-state index in [4.69, 9.17) is 5.73 Å². The van der Waals surface area contributed by atoms with Crippen LogP contribution in [0.4, 0.5) is 0 Å². The van der Waals surface area contributed by atoms with Crippen LogP contribution in [0.1, 0.15) is 5.82 Å². The number of hydrogen-bond acceptors (Lipinski definition) is 2. The van der Waals surface area contributed by atoms with E-state index in [1.165, 1.54) is 0 Å². The molecule has 14 heavy (non-hydrogen) atoms. The third-order valence-electron chi connectivity index (χ3n) is 1.71. The summed E-state index contributed by atoms with van der Waals surface area (Å²) in [6, 6.07) is 5.90. The Balaban J connectivity index is 0.000000845. The zero-order valence-corrected chi connectivity index (χ0v) is 10.4. The first kappa shape index (κ1) is 13.7. The number of nitrogens with two attached hydrogens (primary N) is 1. The molecule has 78 valence electrons. The Labute approximate surface area is 102 Å². The van der Waals surface area contributed by atoms with E-state index < -0.39 is 0 Å². The maximum absolute atomic E-state index is 5.45. The Hall–Kier alpha value is -0.290. The lowest BCUT2D eigenvalue weighted by Crippen LogP contribution is -1.97. The van der Waals surface area contributed by atoms with Gasteiger partial charge in [0.2, 0.25) is 0 Å². The fourth-order valence-corrected chi connectivity index (χ4v) is 1.60. The highest BCUT2D eigenvalue weighted by molar-refractivity contribution is 9.10. The number of rotatable bonds is 1. The van der Waals surface area contributed by atoms with Crippen molar-refractivity contribution in [2.75, 3.05) is 0 Å². The van der Waals surface area contributed by atoms with E-state index in [1.807, 2.05) is 18.2 Å². The number of aromatic nitrogens is 2. The highest BCUT2D eigenvalue weighted by atomic mass is 79.9. The molecular formula is C8H10BrCl2N3.